The van der Waals surface area contributed by atoms with Crippen molar-refractivity contribution in [3.63, 3.8) is 0 Å². The minimum atomic E-state index is 0.160. The third kappa shape index (κ3) is 15.3. The Balaban J connectivity index is 3.12. The highest BCUT2D eigenvalue weighted by atomic mass is 16.5. The Morgan fingerprint density at radius 3 is 2.53 bits per heavy atom. The van der Waals surface area contributed by atoms with E-state index in [-0.39, 0.29) is 5.91 Å². The molecule has 5 nitrogen and oxygen atoms in total. The fourth-order valence-corrected chi connectivity index (χ4v) is 1.67. The van der Waals surface area contributed by atoms with Crippen LogP contribution in [0.15, 0.2) is 0 Å². The van der Waals surface area contributed by atoms with Gasteiger partial charge < -0.3 is 20.5 Å². The molecule has 0 unspecified atom stereocenters. The van der Waals surface area contributed by atoms with Crippen LogP contribution in [0.5, 0.6) is 0 Å². The molecule has 0 saturated heterocycles. The van der Waals surface area contributed by atoms with E-state index in [1.54, 1.807) is 7.11 Å². The number of ether oxygens (including phenoxy) is 2. The number of carbonyl (C=O) groups is 1. The predicted molar refractivity (Wildman–Crippen MR) is 77.1 cm³/mol. The SMILES string of the molecule is COCCOCCCCNC(=O)CCCCCCN. The summed E-state index contributed by atoms with van der Waals surface area (Å²) in [6.07, 6.45) is 6.82. The first-order valence-electron chi connectivity index (χ1n) is 7.34. The number of unbranched alkanes of at least 4 members (excludes halogenated alkanes) is 4. The van der Waals surface area contributed by atoms with Gasteiger partial charge in [0.05, 0.1) is 13.2 Å². The number of methoxy groups -OCH3 is 1. The number of hydrogen-bond acceptors (Lipinski definition) is 4. The van der Waals surface area contributed by atoms with E-state index in [4.69, 9.17) is 15.2 Å². The number of nitrogens with one attached hydrogen (secondary N) is 1. The molecule has 0 rings (SSSR count). The number of amides is 1. The molecule has 114 valence electrons. The van der Waals surface area contributed by atoms with E-state index in [2.05, 4.69) is 5.32 Å². The molecular weight excluding hydrogens is 244 g/mol. The second kappa shape index (κ2) is 15.4. The van der Waals surface area contributed by atoms with Crippen LogP contribution in [0.1, 0.15) is 44.9 Å². The molecule has 0 aliphatic rings. The molecule has 19 heavy (non-hydrogen) atoms. The Labute approximate surface area is 117 Å². The van der Waals surface area contributed by atoms with Gasteiger partial charge in [-0.25, -0.2) is 0 Å². The average Bonchev–Trinajstić information content (AvgIpc) is 2.41. The largest absolute Gasteiger partial charge is 0.382 e. The first-order valence-corrected chi connectivity index (χ1v) is 7.34. The molecule has 0 aromatic rings. The summed E-state index contributed by atoms with van der Waals surface area (Å²) in [6.45, 7) is 3.51. The van der Waals surface area contributed by atoms with Crippen molar-refractivity contribution in [3.05, 3.63) is 0 Å². The predicted octanol–water partition coefficient (Wildman–Crippen LogP) is 1.46. The highest BCUT2D eigenvalue weighted by Gasteiger charge is 2.00. The molecule has 1 amide bonds. The zero-order valence-electron chi connectivity index (χ0n) is 12.3. The standard InChI is InChI=1S/C14H30N2O3/c1-18-12-13-19-11-7-6-10-16-14(17)8-4-2-3-5-9-15/h2-13,15H2,1H3,(H,16,17). The fourth-order valence-electron chi connectivity index (χ4n) is 1.67. The summed E-state index contributed by atoms with van der Waals surface area (Å²) in [5, 5.41) is 2.93. The van der Waals surface area contributed by atoms with Gasteiger partial charge in [0.2, 0.25) is 5.91 Å². The highest BCUT2D eigenvalue weighted by Crippen LogP contribution is 2.01. The van der Waals surface area contributed by atoms with Crippen molar-refractivity contribution in [2.75, 3.05) is 40.0 Å². The van der Waals surface area contributed by atoms with Gasteiger partial charge in [0.25, 0.3) is 0 Å². The summed E-state index contributed by atoms with van der Waals surface area (Å²) in [5.41, 5.74) is 5.41. The molecule has 3 N–H and O–H groups in total. The van der Waals surface area contributed by atoms with Gasteiger partial charge in [-0.3, -0.25) is 4.79 Å². The molecule has 0 aromatic carbocycles. The summed E-state index contributed by atoms with van der Waals surface area (Å²) in [6, 6.07) is 0. The number of hydrogen-bond donors (Lipinski definition) is 2. The van der Waals surface area contributed by atoms with Gasteiger partial charge in [-0.05, 0) is 32.2 Å². The highest BCUT2D eigenvalue weighted by molar-refractivity contribution is 5.75. The second-order valence-corrected chi connectivity index (χ2v) is 4.62. The summed E-state index contributed by atoms with van der Waals surface area (Å²) >= 11 is 0. The van der Waals surface area contributed by atoms with Crippen molar-refractivity contribution in [3.8, 4) is 0 Å². The van der Waals surface area contributed by atoms with Crippen LogP contribution >= 0.6 is 0 Å². The van der Waals surface area contributed by atoms with Crippen LogP contribution in [0.3, 0.4) is 0 Å². The van der Waals surface area contributed by atoms with E-state index in [0.29, 0.717) is 19.6 Å². The third-order valence-electron chi connectivity index (χ3n) is 2.83. The van der Waals surface area contributed by atoms with Crippen LogP contribution in [0, 0.1) is 0 Å². The first-order chi connectivity index (χ1) is 9.31. The lowest BCUT2D eigenvalue weighted by molar-refractivity contribution is -0.121. The maximum Gasteiger partial charge on any atom is 0.219 e. The summed E-state index contributed by atoms with van der Waals surface area (Å²) in [4.78, 5) is 11.5. The lowest BCUT2D eigenvalue weighted by Crippen LogP contribution is -2.24. The zero-order valence-corrected chi connectivity index (χ0v) is 12.3. The minimum Gasteiger partial charge on any atom is -0.382 e. The van der Waals surface area contributed by atoms with Crippen LogP contribution in [0.25, 0.3) is 0 Å². The van der Waals surface area contributed by atoms with Gasteiger partial charge in [0.1, 0.15) is 0 Å². The van der Waals surface area contributed by atoms with E-state index in [9.17, 15) is 4.79 Å². The molecular formula is C14H30N2O3. The summed E-state index contributed by atoms with van der Waals surface area (Å²) in [7, 11) is 1.66. The topological polar surface area (TPSA) is 73.6 Å². The van der Waals surface area contributed by atoms with Crippen molar-refractivity contribution in [2.24, 2.45) is 5.73 Å². The van der Waals surface area contributed by atoms with Gasteiger partial charge in [0.15, 0.2) is 0 Å². The first kappa shape index (κ1) is 18.4. The molecule has 0 fully saturated rings. The maximum atomic E-state index is 11.5. The third-order valence-corrected chi connectivity index (χ3v) is 2.83. The van der Waals surface area contributed by atoms with Gasteiger partial charge in [-0.1, -0.05) is 12.8 Å². The van der Waals surface area contributed by atoms with Crippen molar-refractivity contribution in [1.82, 2.24) is 5.32 Å². The van der Waals surface area contributed by atoms with Gasteiger partial charge in [0, 0.05) is 26.7 Å². The quantitative estimate of drug-likeness (QED) is 0.470. The van der Waals surface area contributed by atoms with Gasteiger partial charge >= 0.3 is 0 Å². The zero-order chi connectivity index (χ0) is 14.2. The van der Waals surface area contributed by atoms with E-state index in [0.717, 1.165) is 58.2 Å². The Bertz CT molecular complexity index is 201. The maximum absolute atomic E-state index is 11.5. The Hall–Kier alpha value is -0.650. The smallest absolute Gasteiger partial charge is 0.219 e. The molecule has 0 aliphatic carbocycles. The number of rotatable bonds is 14. The van der Waals surface area contributed by atoms with Crippen LogP contribution in [0.4, 0.5) is 0 Å². The molecule has 0 saturated carbocycles. The molecule has 0 aliphatic heterocycles. The monoisotopic (exact) mass is 274 g/mol. The summed E-state index contributed by atoms with van der Waals surface area (Å²) < 4.78 is 10.2. The van der Waals surface area contributed by atoms with Gasteiger partial charge in [-0.2, -0.15) is 0 Å². The molecule has 0 spiro atoms. The van der Waals surface area contributed by atoms with Crippen molar-refractivity contribution in [1.29, 1.82) is 0 Å². The Morgan fingerprint density at radius 1 is 1.00 bits per heavy atom. The molecule has 5 heteroatoms. The second-order valence-electron chi connectivity index (χ2n) is 4.62. The Morgan fingerprint density at radius 2 is 1.79 bits per heavy atom. The van der Waals surface area contributed by atoms with Crippen LogP contribution in [-0.2, 0) is 14.3 Å². The fraction of sp³-hybridized carbons (Fsp3) is 0.929. The molecule has 0 aromatic heterocycles. The van der Waals surface area contributed by atoms with E-state index < -0.39 is 0 Å². The molecule has 0 atom stereocenters. The number of nitrogens with two attached hydrogens (primary N) is 1. The Kier molecular flexibility index (Phi) is 14.9. The molecule has 0 radical (unpaired) electrons. The van der Waals surface area contributed by atoms with Crippen molar-refractivity contribution in [2.45, 2.75) is 44.9 Å². The van der Waals surface area contributed by atoms with Crippen LogP contribution in [0.2, 0.25) is 0 Å². The lowest BCUT2D eigenvalue weighted by Gasteiger charge is -2.06. The molecule has 0 heterocycles. The average molecular weight is 274 g/mol. The molecule has 0 bridgehead atoms. The van der Waals surface area contributed by atoms with Crippen LogP contribution in [-0.4, -0.2) is 45.9 Å². The van der Waals surface area contributed by atoms with E-state index in [1.807, 2.05) is 0 Å². The summed E-state index contributed by atoms with van der Waals surface area (Å²) in [5.74, 6) is 0.160. The lowest BCUT2D eigenvalue weighted by atomic mass is 10.1. The van der Waals surface area contributed by atoms with Gasteiger partial charge in [-0.15, -0.1) is 0 Å². The van der Waals surface area contributed by atoms with E-state index >= 15 is 0 Å². The van der Waals surface area contributed by atoms with Crippen LogP contribution < -0.4 is 11.1 Å². The van der Waals surface area contributed by atoms with E-state index in [1.165, 1.54) is 0 Å². The minimum absolute atomic E-state index is 0.160. The van der Waals surface area contributed by atoms with Crippen molar-refractivity contribution < 1.29 is 14.3 Å². The number of carbonyl (C=O) groups excluding carboxylic acids is 1. The normalized spacial score (nSPS) is 10.6. The van der Waals surface area contributed by atoms with Crippen molar-refractivity contribution >= 4 is 5.91 Å².